The molecule has 7 nitrogen and oxygen atoms in total. The van der Waals surface area contributed by atoms with Crippen LogP contribution in [0.15, 0.2) is 39.2 Å². The fraction of sp³-hybridized carbons (Fsp3) is 0.500. The Hall–Kier alpha value is -2.96. The summed E-state index contributed by atoms with van der Waals surface area (Å²) in [6.45, 7) is 7.90. The summed E-state index contributed by atoms with van der Waals surface area (Å²) in [6.07, 6.45) is 1.50. The number of allylic oxidation sites excluding steroid dienone is 4. The monoisotopic (exact) mass is 426 g/mol. The van der Waals surface area contributed by atoms with Crippen molar-refractivity contribution in [1.82, 2.24) is 0 Å². The third kappa shape index (κ3) is 3.66. The van der Waals surface area contributed by atoms with E-state index >= 15 is 0 Å². The number of hydrogen-bond donors (Lipinski definition) is 0. The lowest BCUT2D eigenvalue weighted by Crippen LogP contribution is -2.41. The van der Waals surface area contributed by atoms with Crippen molar-refractivity contribution in [3.8, 4) is 0 Å². The number of rotatable bonds is 3. The van der Waals surface area contributed by atoms with Crippen molar-refractivity contribution in [3.63, 3.8) is 0 Å². The predicted molar refractivity (Wildman–Crippen MR) is 109 cm³/mol. The summed E-state index contributed by atoms with van der Waals surface area (Å²) in [5, 5.41) is 0. The second-order valence-corrected chi connectivity index (χ2v) is 10.1. The lowest BCUT2D eigenvalue weighted by atomic mass is 9.66. The zero-order chi connectivity index (χ0) is 22.7. The molecule has 1 aromatic heterocycles. The molecule has 2 aliphatic carbocycles. The Balaban J connectivity index is 1.84. The Labute approximate surface area is 180 Å². The van der Waals surface area contributed by atoms with Gasteiger partial charge in [-0.05, 0) is 23.0 Å². The van der Waals surface area contributed by atoms with Gasteiger partial charge in [-0.25, -0.2) is 4.79 Å². The topological polar surface area (TPSA) is 99.9 Å². The van der Waals surface area contributed by atoms with Crippen LogP contribution < -0.4 is 0 Å². The molecule has 4 rings (SSSR count). The molecule has 0 N–H and O–H groups in total. The molecule has 0 bridgehead atoms. The number of carbonyl (C=O) groups excluding carboxylic acids is 4. The van der Waals surface area contributed by atoms with Gasteiger partial charge in [-0.15, -0.1) is 0 Å². The molecule has 0 amide bonds. The third-order valence-electron chi connectivity index (χ3n) is 6.08. The van der Waals surface area contributed by atoms with E-state index in [9.17, 15) is 19.2 Å². The van der Waals surface area contributed by atoms with E-state index in [0.29, 0.717) is 24.4 Å². The van der Waals surface area contributed by atoms with Gasteiger partial charge >= 0.3 is 5.97 Å². The minimum Gasteiger partial charge on any atom is -0.465 e. The summed E-state index contributed by atoms with van der Waals surface area (Å²) in [6, 6.07) is 2.72. The van der Waals surface area contributed by atoms with Gasteiger partial charge in [-0.3, -0.25) is 14.4 Å². The Kier molecular flexibility index (Phi) is 4.83. The van der Waals surface area contributed by atoms with Crippen LogP contribution in [-0.4, -0.2) is 30.4 Å². The van der Waals surface area contributed by atoms with Crippen molar-refractivity contribution >= 4 is 23.3 Å². The van der Waals surface area contributed by atoms with Gasteiger partial charge in [0.1, 0.15) is 11.5 Å². The van der Waals surface area contributed by atoms with Gasteiger partial charge in [0.25, 0.3) is 0 Å². The molecular formula is C24H26O7. The van der Waals surface area contributed by atoms with E-state index in [0.717, 1.165) is 0 Å². The van der Waals surface area contributed by atoms with Crippen molar-refractivity contribution in [2.75, 3.05) is 7.11 Å². The minimum absolute atomic E-state index is 0.0960. The quantitative estimate of drug-likeness (QED) is 0.528. The number of ether oxygens (including phenoxy) is 2. The Morgan fingerprint density at radius 3 is 1.84 bits per heavy atom. The lowest BCUT2D eigenvalue weighted by molar-refractivity contribution is -0.120. The summed E-state index contributed by atoms with van der Waals surface area (Å²) in [5.41, 5.74) is -0.129. The molecule has 7 heteroatoms. The van der Waals surface area contributed by atoms with Crippen LogP contribution in [0.1, 0.15) is 74.5 Å². The van der Waals surface area contributed by atoms with Gasteiger partial charge in [0.2, 0.25) is 11.5 Å². The number of esters is 1. The number of ketones is 3. The summed E-state index contributed by atoms with van der Waals surface area (Å²) in [7, 11) is 1.21. The van der Waals surface area contributed by atoms with Crippen molar-refractivity contribution in [2.24, 2.45) is 16.7 Å². The number of carbonyl (C=O) groups is 4. The maximum absolute atomic E-state index is 13.6. The van der Waals surface area contributed by atoms with Crippen LogP contribution >= 0.6 is 0 Å². The molecule has 1 aromatic rings. The van der Waals surface area contributed by atoms with E-state index in [-0.39, 0.29) is 57.9 Å². The van der Waals surface area contributed by atoms with E-state index < -0.39 is 17.7 Å². The van der Waals surface area contributed by atoms with Crippen LogP contribution in [-0.2, 0) is 19.1 Å². The molecule has 0 aromatic carbocycles. The predicted octanol–water partition coefficient (Wildman–Crippen LogP) is 4.18. The van der Waals surface area contributed by atoms with E-state index in [4.69, 9.17) is 9.15 Å². The smallest absolute Gasteiger partial charge is 0.373 e. The fourth-order valence-corrected chi connectivity index (χ4v) is 4.76. The zero-order valence-electron chi connectivity index (χ0n) is 18.4. The Morgan fingerprint density at radius 1 is 0.871 bits per heavy atom. The average Bonchev–Trinajstić information content (AvgIpc) is 3.13. The molecule has 0 unspecified atom stereocenters. The zero-order valence-corrected chi connectivity index (χ0v) is 18.4. The summed E-state index contributed by atoms with van der Waals surface area (Å²) in [5.74, 6) is -2.01. The lowest BCUT2D eigenvalue weighted by Gasteiger charge is -2.42. The molecule has 0 saturated heterocycles. The molecule has 164 valence electrons. The van der Waals surface area contributed by atoms with E-state index in [1.807, 2.05) is 27.7 Å². The number of methoxy groups -OCH3 is 1. The molecule has 0 saturated carbocycles. The highest BCUT2D eigenvalue weighted by molar-refractivity contribution is 6.15. The second-order valence-electron chi connectivity index (χ2n) is 10.1. The van der Waals surface area contributed by atoms with Gasteiger partial charge in [-0.1, -0.05) is 27.7 Å². The maximum Gasteiger partial charge on any atom is 0.373 e. The van der Waals surface area contributed by atoms with Gasteiger partial charge in [0.05, 0.1) is 13.0 Å². The van der Waals surface area contributed by atoms with Crippen LogP contribution in [0.2, 0.25) is 0 Å². The van der Waals surface area contributed by atoms with Crippen molar-refractivity contribution in [3.05, 3.63) is 46.3 Å². The van der Waals surface area contributed by atoms with Crippen LogP contribution in [0.3, 0.4) is 0 Å². The first-order chi connectivity index (χ1) is 14.4. The molecule has 31 heavy (non-hydrogen) atoms. The van der Waals surface area contributed by atoms with Crippen molar-refractivity contribution < 1.29 is 33.1 Å². The SMILES string of the molecule is COC(=O)c1ccc(C(=O)C2C3=C(CC(C)(C)CC3=O)OC3=C2C(=O)CC(C)(C)C3)o1. The maximum atomic E-state index is 13.6. The average molecular weight is 426 g/mol. The van der Waals surface area contributed by atoms with Gasteiger partial charge in [0, 0.05) is 36.8 Å². The molecule has 2 heterocycles. The standard InChI is InChI=1S/C24H26O7/c1-23(2)8-12(25)18-16(10-23)31-17-11-24(3,4)9-13(26)19(17)20(18)21(27)14-6-7-15(30-14)22(28)29-5/h6-7,20H,8-11H2,1-5H3. The minimum atomic E-state index is -1.08. The highest BCUT2D eigenvalue weighted by Gasteiger charge is 2.50. The second kappa shape index (κ2) is 7.04. The molecule has 0 fully saturated rings. The Morgan fingerprint density at radius 2 is 1.35 bits per heavy atom. The number of furan rings is 1. The number of Topliss-reactive ketones (excluding diaryl/α,β-unsaturated/α-hetero) is 3. The highest BCUT2D eigenvalue weighted by atomic mass is 16.5. The molecule has 0 radical (unpaired) electrons. The highest BCUT2D eigenvalue weighted by Crippen LogP contribution is 2.51. The van der Waals surface area contributed by atoms with Crippen LogP contribution in [0.5, 0.6) is 0 Å². The normalized spacial score (nSPS) is 22.6. The van der Waals surface area contributed by atoms with Crippen molar-refractivity contribution in [2.45, 2.75) is 53.4 Å². The fourth-order valence-electron chi connectivity index (χ4n) is 4.76. The Bertz CT molecular complexity index is 1030. The molecule has 3 aliphatic rings. The van der Waals surface area contributed by atoms with E-state index in [1.165, 1.54) is 19.2 Å². The third-order valence-corrected chi connectivity index (χ3v) is 6.08. The van der Waals surface area contributed by atoms with Gasteiger partial charge < -0.3 is 13.9 Å². The van der Waals surface area contributed by atoms with E-state index in [2.05, 4.69) is 4.74 Å². The first kappa shape index (κ1) is 21.3. The molecule has 1 aliphatic heterocycles. The van der Waals surface area contributed by atoms with Gasteiger partial charge in [0.15, 0.2) is 17.3 Å². The molecule has 0 atom stereocenters. The number of hydrogen-bond acceptors (Lipinski definition) is 7. The largest absolute Gasteiger partial charge is 0.465 e. The first-order valence-electron chi connectivity index (χ1n) is 10.4. The first-order valence-corrected chi connectivity index (χ1v) is 10.4. The molecule has 0 spiro atoms. The van der Waals surface area contributed by atoms with E-state index in [1.54, 1.807) is 0 Å². The summed E-state index contributed by atoms with van der Waals surface area (Å²) >= 11 is 0. The summed E-state index contributed by atoms with van der Waals surface area (Å²) < 4.78 is 16.2. The summed E-state index contributed by atoms with van der Waals surface area (Å²) in [4.78, 5) is 51.6. The van der Waals surface area contributed by atoms with Crippen LogP contribution in [0.4, 0.5) is 0 Å². The van der Waals surface area contributed by atoms with Crippen molar-refractivity contribution in [1.29, 1.82) is 0 Å². The molecular weight excluding hydrogens is 400 g/mol. The van der Waals surface area contributed by atoms with Crippen LogP contribution in [0, 0.1) is 16.7 Å². The van der Waals surface area contributed by atoms with Gasteiger partial charge in [-0.2, -0.15) is 0 Å². The van der Waals surface area contributed by atoms with Crippen LogP contribution in [0.25, 0.3) is 0 Å².